The summed E-state index contributed by atoms with van der Waals surface area (Å²) in [7, 11) is 0. The maximum atomic E-state index is 3.76. The van der Waals surface area contributed by atoms with Gasteiger partial charge in [-0.3, -0.25) is 0 Å². The zero-order valence-electron chi connectivity index (χ0n) is 14.3. The number of nitrogens with one attached hydrogen (secondary N) is 1. The first-order valence-electron chi connectivity index (χ1n) is 8.26. The maximum absolute atomic E-state index is 3.76. The van der Waals surface area contributed by atoms with E-state index in [2.05, 4.69) is 59.0 Å². The first-order chi connectivity index (χ1) is 9.45. The standard InChI is InChI=1S/C19H33N/c1-7-11-20-18(10-8-9-14(2)3)19-16(5)12-15(4)13-17(19)6/h12-14,18,20H,7-11H2,1-6H3. The molecule has 0 saturated heterocycles. The smallest absolute Gasteiger partial charge is 0.0325 e. The lowest BCUT2D eigenvalue weighted by Crippen LogP contribution is -2.24. The Labute approximate surface area is 126 Å². The molecule has 1 rings (SSSR count). The highest BCUT2D eigenvalue weighted by molar-refractivity contribution is 5.39. The molecule has 0 saturated carbocycles. The van der Waals surface area contributed by atoms with E-state index >= 15 is 0 Å². The molecule has 20 heavy (non-hydrogen) atoms. The highest BCUT2D eigenvalue weighted by Crippen LogP contribution is 2.28. The summed E-state index contributed by atoms with van der Waals surface area (Å²) in [5.74, 6) is 0.807. The first kappa shape index (κ1) is 17.2. The zero-order chi connectivity index (χ0) is 15.1. The average molecular weight is 275 g/mol. The van der Waals surface area contributed by atoms with E-state index in [9.17, 15) is 0 Å². The molecule has 1 unspecified atom stereocenters. The van der Waals surface area contributed by atoms with Gasteiger partial charge in [-0.15, -0.1) is 0 Å². The number of hydrogen-bond donors (Lipinski definition) is 1. The zero-order valence-corrected chi connectivity index (χ0v) is 14.3. The normalized spacial score (nSPS) is 12.9. The van der Waals surface area contributed by atoms with Gasteiger partial charge < -0.3 is 5.32 Å². The van der Waals surface area contributed by atoms with Crippen molar-refractivity contribution in [1.82, 2.24) is 5.32 Å². The van der Waals surface area contributed by atoms with Crippen LogP contribution in [0.5, 0.6) is 0 Å². The van der Waals surface area contributed by atoms with Crippen LogP contribution in [-0.4, -0.2) is 6.54 Å². The molecule has 0 aliphatic rings. The van der Waals surface area contributed by atoms with Crippen molar-refractivity contribution in [2.45, 2.75) is 73.3 Å². The van der Waals surface area contributed by atoms with Crippen LogP contribution >= 0.6 is 0 Å². The fourth-order valence-corrected chi connectivity index (χ4v) is 3.14. The minimum atomic E-state index is 0.522. The first-order valence-corrected chi connectivity index (χ1v) is 8.26. The molecule has 114 valence electrons. The van der Waals surface area contributed by atoms with Crippen LogP contribution in [0.1, 0.15) is 74.8 Å². The molecule has 1 aromatic carbocycles. The predicted octanol–water partition coefficient (Wildman–Crippen LogP) is 5.48. The second-order valence-corrected chi connectivity index (χ2v) is 6.64. The number of rotatable bonds is 8. The largest absolute Gasteiger partial charge is 0.310 e. The molecule has 0 spiro atoms. The van der Waals surface area contributed by atoms with Crippen molar-refractivity contribution in [1.29, 1.82) is 0 Å². The topological polar surface area (TPSA) is 12.0 Å². The van der Waals surface area contributed by atoms with E-state index in [0.717, 1.165) is 12.5 Å². The molecule has 0 amide bonds. The predicted molar refractivity (Wildman–Crippen MR) is 90.4 cm³/mol. The summed E-state index contributed by atoms with van der Waals surface area (Å²) < 4.78 is 0. The van der Waals surface area contributed by atoms with Gasteiger partial charge in [0.25, 0.3) is 0 Å². The van der Waals surface area contributed by atoms with Crippen LogP contribution in [0.25, 0.3) is 0 Å². The highest BCUT2D eigenvalue weighted by atomic mass is 14.9. The van der Waals surface area contributed by atoms with Gasteiger partial charge in [-0.2, -0.15) is 0 Å². The Morgan fingerprint density at radius 2 is 1.60 bits per heavy atom. The van der Waals surface area contributed by atoms with Gasteiger partial charge in [0.1, 0.15) is 0 Å². The maximum Gasteiger partial charge on any atom is 0.0325 e. The molecular weight excluding hydrogens is 242 g/mol. The number of hydrogen-bond acceptors (Lipinski definition) is 1. The van der Waals surface area contributed by atoms with Gasteiger partial charge in [-0.25, -0.2) is 0 Å². The van der Waals surface area contributed by atoms with Crippen LogP contribution in [0.15, 0.2) is 12.1 Å². The van der Waals surface area contributed by atoms with Crippen molar-refractivity contribution in [3.63, 3.8) is 0 Å². The molecule has 0 aliphatic carbocycles. The van der Waals surface area contributed by atoms with E-state index < -0.39 is 0 Å². The van der Waals surface area contributed by atoms with E-state index in [1.54, 1.807) is 0 Å². The minimum absolute atomic E-state index is 0.522. The lowest BCUT2D eigenvalue weighted by Gasteiger charge is -2.24. The van der Waals surface area contributed by atoms with Crippen LogP contribution in [0.4, 0.5) is 0 Å². The van der Waals surface area contributed by atoms with E-state index in [4.69, 9.17) is 0 Å². The molecule has 1 N–H and O–H groups in total. The molecule has 1 aromatic rings. The molecule has 1 heteroatoms. The summed E-state index contributed by atoms with van der Waals surface area (Å²) >= 11 is 0. The quantitative estimate of drug-likeness (QED) is 0.662. The molecule has 0 fully saturated rings. The third-order valence-electron chi connectivity index (χ3n) is 4.00. The Morgan fingerprint density at radius 3 is 2.10 bits per heavy atom. The lowest BCUT2D eigenvalue weighted by molar-refractivity contribution is 0.445. The third-order valence-corrected chi connectivity index (χ3v) is 4.00. The molecule has 0 heterocycles. The molecule has 0 bridgehead atoms. The Morgan fingerprint density at radius 1 is 1.00 bits per heavy atom. The number of benzene rings is 1. The third kappa shape index (κ3) is 5.28. The van der Waals surface area contributed by atoms with Gasteiger partial charge in [-0.05, 0) is 62.8 Å². The van der Waals surface area contributed by atoms with Crippen molar-refractivity contribution in [3.05, 3.63) is 34.4 Å². The van der Waals surface area contributed by atoms with Crippen LogP contribution in [0, 0.1) is 26.7 Å². The molecule has 0 aromatic heterocycles. The summed E-state index contributed by atoms with van der Waals surface area (Å²) in [6.45, 7) is 14.7. The van der Waals surface area contributed by atoms with Crippen molar-refractivity contribution in [2.75, 3.05) is 6.54 Å². The van der Waals surface area contributed by atoms with Crippen LogP contribution in [0.3, 0.4) is 0 Å². The molecular formula is C19H33N. The van der Waals surface area contributed by atoms with Crippen LogP contribution < -0.4 is 5.32 Å². The van der Waals surface area contributed by atoms with Crippen molar-refractivity contribution < 1.29 is 0 Å². The second-order valence-electron chi connectivity index (χ2n) is 6.64. The van der Waals surface area contributed by atoms with Gasteiger partial charge in [0.05, 0.1) is 0 Å². The molecule has 0 radical (unpaired) electrons. The molecule has 1 atom stereocenters. The highest BCUT2D eigenvalue weighted by Gasteiger charge is 2.15. The second kappa shape index (κ2) is 8.46. The van der Waals surface area contributed by atoms with Crippen LogP contribution in [0.2, 0.25) is 0 Å². The van der Waals surface area contributed by atoms with Gasteiger partial charge in [-0.1, -0.05) is 51.3 Å². The summed E-state index contributed by atoms with van der Waals surface area (Å²) in [6, 6.07) is 5.17. The monoisotopic (exact) mass is 275 g/mol. The fourth-order valence-electron chi connectivity index (χ4n) is 3.14. The lowest BCUT2D eigenvalue weighted by atomic mass is 9.90. The van der Waals surface area contributed by atoms with E-state index in [1.165, 1.54) is 47.9 Å². The van der Waals surface area contributed by atoms with E-state index in [0.29, 0.717) is 6.04 Å². The number of aryl methyl sites for hydroxylation is 3. The Kier molecular flexibility index (Phi) is 7.29. The Balaban J connectivity index is 2.86. The van der Waals surface area contributed by atoms with Crippen LogP contribution in [-0.2, 0) is 0 Å². The fraction of sp³-hybridized carbons (Fsp3) is 0.684. The van der Waals surface area contributed by atoms with Crippen molar-refractivity contribution >= 4 is 0 Å². The molecule has 0 aliphatic heterocycles. The van der Waals surface area contributed by atoms with E-state index in [1.807, 2.05) is 0 Å². The van der Waals surface area contributed by atoms with Gasteiger partial charge in [0.2, 0.25) is 0 Å². The summed E-state index contributed by atoms with van der Waals surface area (Å²) in [5.41, 5.74) is 5.80. The van der Waals surface area contributed by atoms with E-state index in [-0.39, 0.29) is 0 Å². The summed E-state index contributed by atoms with van der Waals surface area (Å²) in [5, 5.41) is 3.76. The van der Waals surface area contributed by atoms with Gasteiger partial charge in [0.15, 0.2) is 0 Å². The summed E-state index contributed by atoms with van der Waals surface area (Å²) in [6.07, 6.45) is 5.09. The van der Waals surface area contributed by atoms with Gasteiger partial charge in [0, 0.05) is 6.04 Å². The SMILES string of the molecule is CCCNC(CCCC(C)C)c1c(C)cc(C)cc1C. The van der Waals surface area contributed by atoms with Gasteiger partial charge >= 0.3 is 0 Å². The summed E-state index contributed by atoms with van der Waals surface area (Å²) in [4.78, 5) is 0. The minimum Gasteiger partial charge on any atom is -0.310 e. The van der Waals surface area contributed by atoms with Crippen molar-refractivity contribution in [3.8, 4) is 0 Å². The Bertz CT molecular complexity index is 383. The Hall–Kier alpha value is -0.820. The van der Waals surface area contributed by atoms with Crippen molar-refractivity contribution in [2.24, 2.45) is 5.92 Å². The average Bonchev–Trinajstić information content (AvgIpc) is 2.33. The molecule has 1 nitrogen and oxygen atoms in total.